The molecule has 1 heterocycles. The molecule has 0 aliphatic carbocycles. The fourth-order valence-electron chi connectivity index (χ4n) is 1.35. The first-order chi connectivity index (χ1) is 5.61. The van der Waals surface area contributed by atoms with E-state index in [0.29, 0.717) is 19.5 Å². The molecule has 1 N–H and O–H groups in total. The number of hydrogen-bond donors (Lipinski definition) is 1. The number of terminal acetylenes is 1. The van der Waals surface area contributed by atoms with Crippen LogP contribution in [0.3, 0.4) is 0 Å². The largest absolute Gasteiger partial charge is 0.376 e. The monoisotopic (exact) mass is 164 g/mol. The molecule has 2 unspecified atom stereocenters. The molecule has 0 radical (unpaired) electrons. The van der Waals surface area contributed by atoms with E-state index in [9.17, 15) is 5.11 Å². The Kier molecular flexibility index (Phi) is 2.38. The third kappa shape index (κ3) is 1.58. The molecule has 12 heavy (non-hydrogen) atoms. The smallest absolute Gasteiger partial charge is 0.139 e. The van der Waals surface area contributed by atoms with E-state index in [1.807, 2.05) is 11.8 Å². The predicted molar refractivity (Wildman–Crippen MR) is 45.0 cm³/mol. The quantitative estimate of drug-likeness (QED) is 0.553. The number of nitrogens with zero attached hydrogens (tertiary/aromatic N) is 2. The summed E-state index contributed by atoms with van der Waals surface area (Å²) < 4.78 is 0. The molecule has 1 fully saturated rings. The second-order valence-corrected chi connectivity index (χ2v) is 3.20. The number of hydrogen-bond acceptors (Lipinski definition) is 3. The minimum Gasteiger partial charge on any atom is -0.376 e. The normalized spacial score (nSPS) is 32.3. The van der Waals surface area contributed by atoms with Crippen molar-refractivity contribution in [1.82, 2.24) is 4.90 Å². The van der Waals surface area contributed by atoms with Crippen LogP contribution in [0.15, 0.2) is 0 Å². The fourth-order valence-corrected chi connectivity index (χ4v) is 1.35. The van der Waals surface area contributed by atoms with Crippen LogP contribution in [0.5, 0.6) is 0 Å². The van der Waals surface area contributed by atoms with Crippen molar-refractivity contribution in [3.63, 3.8) is 0 Å². The zero-order valence-electron chi connectivity index (χ0n) is 7.12. The minimum atomic E-state index is -1.01. The Morgan fingerprint density at radius 2 is 2.42 bits per heavy atom. The molecule has 1 aliphatic rings. The Hall–Kier alpha value is -1.03. The summed E-state index contributed by atoms with van der Waals surface area (Å²) in [4.78, 5) is 1.89. The van der Waals surface area contributed by atoms with Gasteiger partial charge in [0.15, 0.2) is 0 Å². The number of rotatable bonds is 1. The van der Waals surface area contributed by atoms with Crippen molar-refractivity contribution < 1.29 is 5.11 Å². The molecule has 2 atom stereocenters. The summed E-state index contributed by atoms with van der Waals surface area (Å²) in [5, 5.41) is 18.2. The molecule has 1 rings (SSSR count). The van der Waals surface area contributed by atoms with Crippen LogP contribution in [0.1, 0.15) is 13.3 Å². The van der Waals surface area contributed by atoms with Crippen molar-refractivity contribution in [1.29, 1.82) is 5.26 Å². The van der Waals surface area contributed by atoms with E-state index < -0.39 is 5.60 Å². The highest BCUT2D eigenvalue weighted by Crippen LogP contribution is 2.21. The van der Waals surface area contributed by atoms with E-state index in [2.05, 4.69) is 12.0 Å². The van der Waals surface area contributed by atoms with Gasteiger partial charge >= 0.3 is 0 Å². The highest BCUT2D eigenvalue weighted by atomic mass is 16.3. The van der Waals surface area contributed by atoms with Gasteiger partial charge in [-0.3, -0.25) is 4.90 Å². The Morgan fingerprint density at radius 1 is 1.75 bits per heavy atom. The zero-order chi connectivity index (χ0) is 9.19. The first-order valence-corrected chi connectivity index (χ1v) is 3.95. The van der Waals surface area contributed by atoms with Crippen LogP contribution >= 0.6 is 0 Å². The van der Waals surface area contributed by atoms with Gasteiger partial charge < -0.3 is 5.11 Å². The van der Waals surface area contributed by atoms with Gasteiger partial charge in [0, 0.05) is 19.5 Å². The maximum Gasteiger partial charge on any atom is 0.139 e. The molecule has 64 valence electrons. The van der Waals surface area contributed by atoms with Crippen molar-refractivity contribution in [3.8, 4) is 18.4 Å². The van der Waals surface area contributed by atoms with E-state index in [0.717, 1.165) is 0 Å². The third-order valence-corrected chi connectivity index (χ3v) is 2.28. The molecule has 0 spiro atoms. The average Bonchev–Trinajstić information content (AvgIpc) is 2.48. The Bertz CT molecular complexity index is 250. The molecule has 0 aromatic rings. The second-order valence-electron chi connectivity index (χ2n) is 3.20. The van der Waals surface area contributed by atoms with Crippen molar-refractivity contribution in [2.75, 3.05) is 13.1 Å². The average molecular weight is 164 g/mol. The molecule has 0 aromatic heterocycles. The lowest BCUT2D eigenvalue weighted by atomic mass is 10.1. The van der Waals surface area contributed by atoms with Crippen LogP contribution in [-0.4, -0.2) is 34.7 Å². The van der Waals surface area contributed by atoms with Gasteiger partial charge in [-0.1, -0.05) is 5.92 Å². The van der Waals surface area contributed by atoms with E-state index in [1.54, 1.807) is 0 Å². The summed E-state index contributed by atoms with van der Waals surface area (Å²) in [6.07, 6.45) is 5.73. The highest BCUT2D eigenvalue weighted by molar-refractivity contribution is 5.13. The molecule has 0 amide bonds. The molecule has 1 aliphatic heterocycles. The summed E-state index contributed by atoms with van der Waals surface area (Å²) in [6.45, 7) is 2.93. The Balaban J connectivity index is 2.59. The lowest BCUT2D eigenvalue weighted by molar-refractivity contribution is 0.106. The third-order valence-electron chi connectivity index (χ3n) is 2.28. The summed E-state index contributed by atoms with van der Waals surface area (Å²) in [6, 6.07) is 1.96. The van der Waals surface area contributed by atoms with Gasteiger partial charge in [0.1, 0.15) is 5.60 Å². The van der Waals surface area contributed by atoms with E-state index >= 15 is 0 Å². The van der Waals surface area contributed by atoms with Crippen LogP contribution < -0.4 is 0 Å². The first kappa shape index (κ1) is 9.06. The Morgan fingerprint density at radius 3 is 2.83 bits per heavy atom. The van der Waals surface area contributed by atoms with E-state index in [-0.39, 0.29) is 6.04 Å². The van der Waals surface area contributed by atoms with Crippen LogP contribution in [0, 0.1) is 23.7 Å². The van der Waals surface area contributed by atoms with Crippen molar-refractivity contribution in [2.24, 2.45) is 0 Å². The van der Waals surface area contributed by atoms with Crippen molar-refractivity contribution in [2.45, 2.75) is 25.0 Å². The van der Waals surface area contributed by atoms with E-state index in [4.69, 9.17) is 11.7 Å². The van der Waals surface area contributed by atoms with Gasteiger partial charge in [0.2, 0.25) is 0 Å². The number of aliphatic hydroxyl groups is 1. The van der Waals surface area contributed by atoms with Crippen LogP contribution in [0.25, 0.3) is 0 Å². The molecular formula is C9H12N2O. The summed E-state index contributed by atoms with van der Waals surface area (Å²) in [5.41, 5.74) is -1.01. The van der Waals surface area contributed by atoms with Gasteiger partial charge in [0.25, 0.3) is 0 Å². The lowest BCUT2D eigenvalue weighted by Crippen LogP contribution is -2.35. The fraction of sp³-hybridized carbons (Fsp3) is 0.667. The molecule has 3 heteroatoms. The first-order valence-electron chi connectivity index (χ1n) is 3.95. The van der Waals surface area contributed by atoms with Gasteiger partial charge in [-0.15, -0.1) is 6.42 Å². The Labute approximate surface area is 72.6 Å². The number of likely N-dealkylation sites (tertiary alicyclic amines) is 1. The molecule has 0 saturated carbocycles. The summed E-state index contributed by atoms with van der Waals surface area (Å²) >= 11 is 0. The second kappa shape index (κ2) is 3.15. The minimum absolute atomic E-state index is 0.160. The van der Waals surface area contributed by atoms with Gasteiger partial charge in [-0.2, -0.15) is 5.26 Å². The lowest BCUT2D eigenvalue weighted by Gasteiger charge is -2.19. The highest BCUT2D eigenvalue weighted by Gasteiger charge is 2.35. The topological polar surface area (TPSA) is 47.3 Å². The SMILES string of the molecule is C#CC1(O)CCN(C(C)C#N)C1. The predicted octanol–water partition coefficient (Wildman–Crippen LogP) is -0.0315. The van der Waals surface area contributed by atoms with Gasteiger partial charge in [-0.05, 0) is 6.92 Å². The standard InChI is InChI=1S/C9H12N2O/c1-3-9(12)4-5-11(7-9)8(2)6-10/h1,8,12H,4-5,7H2,2H3. The van der Waals surface area contributed by atoms with Crippen LogP contribution in [-0.2, 0) is 0 Å². The van der Waals surface area contributed by atoms with Crippen LogP contribution in [0.4, 0.5) is 0 Å². The molecule has 1 saturated heterocycles. The summed E-state index contributed by atoms with van der Waals surface area (Å²) in [7, 11) is 0. The van der Waals surface area contributed by atoms with Gasteiger partial charge in [-0.25, -0.2) is 0 Å². The summed E-state index contributed by atoms with van der Waals surface area (Å²) in [5.74, 6) is 2.35. The molecule has 3 nitrogen and oxygen atoms in total. The molecule has 0 bridgehead atoms. The zero-order valence-corrected chi connectivity index (χ0v) is 7.12. The van der Waals surface area contributed by atoms with Crippen molar-refractivity contribution >= 4 is 0 Å². The van der Waals surface area contributed by atoms with Crippen LogP contribution in [0.2, 0.25) is 0 Å². The van der Waals surface area contributed by atoms with E-state index in [1.165, 1.54) is 0 Å². The number of β-amino-alcohol motifs (C(OH)–C–C–N with tert-alkyl or cyclic N) is 1. The molecule has 0 aromatic carbocycles. The van der Waals surface area contributed by atoms with Gasteiger partial charge in [0.05, 0.1) is 12.1 Å². The maximum atomic E-state index is 9.63. The maximum absolute atomic E-state index is 9.63. The number of nitriles is 1. The van der Waals surface area contributed by atoms with Crippen molar-refractivity contribution in [3.05, 3.63) is 0 Å². The molecular weight excluding hydrogens is 152 g/mol.